The third-order valence-electron chi connectivity index (χ3n) is 1.41. The van der Waals surface area contributed by atoms with Gasteiger partial charge >= 0.3 is 0 Å². The molecule has 4 N–H and O–H groups in total. The molecule has 0 aliphatic carbocycles. The lowest BCUT2D eigenvalue weighted by atomic mass is 10.2. The molecule has 0 unspecified atom stereocenters. The number of thioether (sulfide) groups is 1. The Kier molecular flexibility index (Phi) is 3.36. The zero-order valence-corrected chi connectivity index (χ0v) is 7.67. The van der Waals surface area contributed by atoms with Crippen LogP contribution in [0.3, 0.4) is 0 Å². The van der Waals surface area contributed by atoms with Crippen LogP contribution in [0.2, 0.25) is 0 Å². The van der Waals surface area contributed by atoms with Crippen LogP contribution >= 0.6 is 11.8 Å². The average Bonchev–Trinajstić information content (AvgIpc) is 2.47. The van der Waals surface area contributed by atoms with E-state index in [2.05, 4.69) is 10.1 Å². The monoisotopic (exact) mass is 188 g/mol. The minimum atomic E-state index is -0.192. The molecule has 1 aromatic rings. The maximum atomic E-state index is 5.73. The van der Waals surface area contributed by atoms with Gasteiger partial charge in [0.2, 0.25) is 5.89 Å². The Morgan fingerprint density at radius 1 is 1.67 bits per heavy atom. The molecule has 12 heavy (non-hydrogen) atoms. The molecule has 0 spiro atoms. The molecule has 68 valence electrons. The largest absolute Gasteiger partial charge is 0.365 e. The van der Waals surface area contributed by atoms with Gasteiger partial charge in [0, 0.05) is 0 Å². The standard InChI is InChI=1S/C6H12N4OS/c1-12-3-2-4(7)5-9-6(8)10-11-5/h4H,2-3,7H2,1H3,(H2,8,10)/t4-/m0/s1. The Balaban J connectivity index is 2.47. The van der Waals surface area contributed by atoms with Crippen molar-refractivity contribution in [2.75, 3.05) is 17.7 Å². The first-order valence-corrected chi connectivity index (χ1v) is 4.97. The lowest BCUT2D eigenvalue weighted by Crippen LogP contribution is -2.11. The van der Waals surface area contributed by atoms with E-state index in [1.165, 1.54) is 0 Å². The number of hydrogen-bond acceptors (Lipinski definition) is 6. The zero-order valence-electron chi connectivity index (χ0n) is 6.86. The summed E-state index contributed by atoms with van der Waals surface area (Å²) in [5.41, 5.74) is 11.0. The molecule has 0 saturated heterocycles. The average molecular weight is 188 g/mol. The van der Waals surface area contributed by atoms with Gasteiger partial charge in [-0.2, -0.15) is 16.7 Å². The highest BCUT2D eigenvalue weighted by Crippen LogP contribution is 2.13. The quantitative estimate of drug-likeness (QED) is 0.711. The van der Waals surface area contributed by atoms with E-state index in [9.17, 15) is 0 Å². The van der Waals surface area contributed by atoms with E-state index in [-0.39, 0.29) is 12.0 Å². The van der Waals surface area contributed by atoms with Gasteiger partial charge in [0.15, 0.2) is 0 Å². The van der Waals surface area contributed by atoms with E-state index in [0.29, 0.717) is 5.89 Å². The van der Waals surface area contributed by atoms with Crippen LogP contribution in [0, 0.1) is 0 Å². The molecule has 1 rings (SSSR count). The molecule has 0 bridgehead atoms. The Morgan fingerprint density at radius 2 is 2.42 bits per heavy atom. The van der Waals surface area contributed by atoms with E-state index in [1.807, 2.05) is 6.26 Å². The molecule has 0 amide bonds. The van der Waals surface area contributed by atoms with Gasteiger partial charge in [-0.1, -0.05) is 0 Å². The first-order chi connectivity index (χ1) is 5.74. The van der Waals surface area contributed by atoms with Crippen LogP contribution in [0.1, 0.15) is 18.4 Å². The summed E-state index contributed by atoms with van der Waals surface area (Å²) in [7, 11) is 0. The van der Waals surface area contributed by atoms with Crippen LogP contribution in [0.25, 0.3) is 0 Å². The Labute approximate surface area is 74.9 Å². The predicted octanol–water partition coefficient (Wildman–Crippen LogP) is 0.405. The molecule has 0 fully saturated rings. The molecule has 1 heterocycles. The number of hydrogen-bond donors (Lipinski definition) is 2. The summed E-state index contributed by atoms with van der Waals surface area (Å²) in [6.45, 7) is 0. The second kappa shape index (κ2) is 4.32. The van der Waals surface area contributed by atoms with Gasteiger partial charge in [0.25, 0.3) is 5.95 Å². The second-order valence-corrected chi connectivity index (χ2v) is 3.36. The van der Waals surface area contributed by atoms with E-state index < -0.39 is 0 Å². The normalized spacial score (nSPS) is 13.2. The fourth-order valence-corrected chi connectivity index (χ4v) is 1.26. The minimum absolute atomic E-state index is 0.143. The molecule has 0 radical (unpaired) electrons. The topological polar surface area (TPSA) is 91.0 Å². The maximum Gasteiger partial charge on any atom is 0.260 e. The van der Waals surface area contributed by atoms with Crippen molar-refractivity contribution in [3.63, 3.8) is 0 Å². The highest BCUT2D eigenvalue weighted by Gasteiger charge is 2.12. The molecule has 0 aliphatic rings. The molecular weight excluding hydrogens is 176 g/mol. The van der Waals surface area contributed by atoms with Gasteiger partial charge in [-0.25, -0.2) is 0 Å². The Hall–Kier alpha value is -0.750. The molecule has 0 saturated carbocycles. The van der Waals surface area contributed by atoms with Gasteiger partial charge < -0.3 is 16.0 Å². The van der Waals surface area contributed by atoms with Gasteiger partial charge in [-0.15, -0.1) is 0 Å². The summed E-state index contributed by atoms with van der Waals surface area (Å²) in [6, 6.07) is -0.192. The van der Waals surface area contributed by atoms with Crippen molar-refractivity contribution >= 4 is 17.7 Å². The van der Waals surface area contributed by atoms with Crippen molar-refractivity contribution < 1.29 is 4.52 Å². The number of aromatic nitrogens is 2. The Bertz CT molecular complexity index is 239. The van der Waals surface area contributed by atoms with Crippen molar-refractivity contribution in [1.29, 1.82) is 0 Å². The van der Waals surface area contributed by atoms with E-state index in [4.69, 9.17) is 16.0 Å². The molecular formula is C6H12N4OS. The summed E-state index contributed by atoms with van der Waals surface area (Å²) in [5.74, 6) is 1.54. The van der Waals surface area contributed by atoms with Crippen molar-refractivity contribution in [3.8, 4) is 0 Å². The summed E-state index contributed by atoms with van der Waals surface area (Å²) in [6.07, 6.45) is 2.84. The highest BCUT2D eigenvalue weighted by atomic mass is 32.2. The number of nitrogen functional groups attached to an aromatic ring is 1. The highest BCUT2D eigenvalue weighted by molar-refractivity contribution is 7.98. The van der Waals surface area contributed by atoms with E-state index in [0.717, 1.165) is 12.2 Å². The molecule has 5 nitrogen and oxygen atoms in total. The predicted molar refractivity (Wildman–Crippen MR) is 48.6 cm³/mol. The van der Waals surface area contributed by atoms with Crippen LogP contribution in [-0.4, -0.2) is 22.1 Å². The van der Waals surface area contributed by atoms with E-state index >= 15 is 0 Å². The van der Waals surface area contributed by atoms with Gasteiger partial charge in [0.05, 0.1) is 6.04 Å². The summed E-state index contributed by atoms with van der Waals surface area (Å²) in [5, 5.41) is 3.45. The third kappa shape index (κ3) is 2.38. The van der Waals surface area contributed by atoms with Crippen molar-refractivity contribution in [2.45, 2.75) is 12.5 Å². The van der Waals surface area contributed by atoms with Gasteiger partial charge in [0.1, 0.15) is 0 Å². The number of nitrogens with two attached hydrogens (primary N) is 2. The fourth-order valence-electron chi connectivity index (χ4n) is 0.766. The molecule has 1 aromatic heterocycles. The number of anilines is 1. The van der Waals surface area contributed by atoms with Crippen molar-refractivity contribution in [2.24, 2.45) is 5.73 Å². The minimum Gasteiger partial charge on any atom is -0.365 e. The molecule has 0 aromatic carbocycles. The zero-order chi connectivity index (χ0) is 8.97. The van der Waals surface area contributed by atoms with E-state index in [1.54, 1.807) is 11.8 Å². The van der Waals surface area contributed by atoms with Crippen LogP contribution in [0.4, 0.5) is 5.95 Å². The van der Waals surface area contributed by atoms with Gasteiger partial charge in [-0.3, -0.25) is 0 Å². The molecule has 6 heteroatoms. The number of nitrogens with zero attached hydrogens (tertiary/aromatic N) is 2. The summed E-state index contributed by atoms with van der Waals surface area (Å²) < 4.78 is 4.80. The summed E-state index contributed by atoms with van der Waals surface area (Å²) >= 11 is 1.73. The summed E-state index contributed by atoms with van der Waals surface area (Å²) in [4.78, 5) is 3.83. The van der Waals surface area contributed by atoms with Crippen molar-refractivity contribution in [3.05, 3.63) is 5.89 Å². The van der Waals surface area contributed by atoms with Crippen LogP contribution in [0.15, 0.2) is 4.52 Å². The SMILES string of the molecule is CSCC[C@H](N)c1nc(N)no1. The maximum absolute atomic E-state index is 5.73. The third-order valence-corrected chi connectivity index (χ3v) is 2.05. The first-order valence-electron chi connectivity index (χ1n) is 3.57. The Morgan fingerprint density at radius 3 is 2.92 bits per heavy atom. The number of rotatable bonds is 4. The second-order valence-electron chi connectivity index (χ2n) is 2.38. The smallest absolute Gasteiger partial charge is 0.260 e. The van der Waals surface area contributed by atoms with Crippen LogP contribution in [-0.2, 0) is 0 Å². The lowest BCUT2D eigenvalue weighted by Gasteiger charge is -2.03. The molecule has 0 aliphatic heterocycles. The fraction of sp³-hybridized carbons (Fsp3) is 0.667. The lowest BCUT2D eigenvalue weighted by molar-refractivity contribution is 0.353. The first kappa shape index (κ1) is 9.34. The molecule has 1 atom stereocenters. The van der Waals surface area contributed by atoms with Gasteiger partial charge in [-0.05, 0) is 23.6 Å². The van der Waals surface area contributed by atoms with Crippen molar-refractivity contribution in [1.82, 2.24) is 10.1 Å². The van der Waals surface area contributed by atoms with Crippen LogP contribution < -0.4 is 11.5 Å². The van der Waals surface area contributed by atoms with Crippen LogP contribution in [0.5, 0.6) is 0 Å².